The zero-order chi connectivity index (χ0) is 32.8. The van der Waals surface area contributed by atoms with E-state index < -0.39 is 48.5 Å². The number of thioether (sulfide) groups is 1. The molecule has 1 heterocycles. The van der Waals surface area contributed by atoms with Crippen LogP contribution >= 0.6 is 11.8 Å². The number of tetrazole rings is 1. The third-order valence-electron chi connectivity index (χ3n) is 5.07. The smallest absolute Gasteiger partial charge is 0.326 e. The van der Waals surface area contributed by atoms with Crippen molar-refractivity contribution in [3.8, 4) is 0 Å². The highest BCUT2D eigenvalue weighted by Gasteiger charge is 2.23. The van der Waals surface area contributed by atoms with Gasteiger partial charge in [0.1, 0.15) is 12.1 Å². The van der Waals surface area contributed by atoms with E-state index in [0.717, 1.165) is 0 Å². The van der Waals surface area contributed by atoms with Crippen LogP contribution in [0.2, 0.25) is 0 Å². The van der Waals surface area contributed by atoms with Crippen LogP contribution in [0.1, 0.15) is 80.0 Å². The van der Waals surface area contributed by atoms with Crippen LogP contribution in [0.25, 0.3) is 0 Å². The second-order valence-electron chi connectivity index (χ2n) is 9.83. The summed E-state index contributed by atoms with van der Waals surface area (Å²) < 4.78 is 9.47. The maximum absolute atomic E-state index is 11.8. The lowest BCUT2D eigenvalue weighted by molar-refractivity contribution is -0.140. The molecule has 0 aromatic carbocycles. The summed E-state index contributed by atoms with van der Waals surface area (Å²) in [5.41, 5.74) is 0. The number of hydrogen-bond donors (Lipinski definition) is 7. The average molecular weight is 651 g/mol. The molecule has 18 nitrogen and oxygen atoms in total. The van der Waals surface area contributed by atoms with Gasteiger partial charge in [-0.05, 0) is 12.8 Å². The third-order valence-corrected chi connectivity index (χ3v) is 6.41. The molecule has 0 saturated carbocycles. The number of carbonyl (C=O) groups is 6. The fourth-order valence-corrected chi connectivity index (χ4v) is 3.90. The zero-order valence-corrected chi connectivity index (χ0v) is 25.6. The number of carboxylic acid groups (broad SMARTS) is 2. The number of urea groups is 2. The topological polar surface area (TPSA) is 264 Å². The highest BCUT2D eigenvalue weighted by atomic mass is 32.2. The van der Waals surface area contributed by atoms with Gasteiger partial charge in [-0.3, -0.25) is 9.59 Å². The lowest BCUT2D eigenvalue weighted by Crippen LogP contribution is -2.50. The minimum atomic E-state index is -1.13. The molecule has 4 amide bonds. The summed E-state index contributed by atoms with van der Waals surface area (Å²) in [4.78, 5) is 66.3. The Morgan fingerprint density at radius 1 is 0.864 bits per heavy atom. The van der Waals surface area contributed by atoms with Crippen LogP contribution in [-0.4, -0.2) is 103 Å². The molecular weight excluding hydrogens is 604 g/mol. The van der Waals surface area contributed by atoms with Gasteiger partial charge in [-0.1, -0.05) is 60.1 Å². The number of aromatic amines is 1. The average Bonchev–Trinajstić information content (AvgIpc) is 3.44. The minimum absolute atomic E-state index is 0. The predicted molar refractivity (Wildman–Crippen MR) is 159 cm³/mol. The molecule has 1 rings (SSSR count). The van der Waals surface area contributed by atoms with Gasteiger partial charge in [0.2, 0.25) is 0 Å². The van der Waals surface area contributed by atoms with Gasteiger partial charge < -0.3 is 41.0 Å². The summed E-state index contributed by atoms with van der Waals surface area (Å²) in [5.74, 6) is -1.45. The van der Waals surface area contributed by atoms with Crippen molar-refractivity contribution in [1.82, 2.24) is 41.9 Å². The van der Waals surface area contributed by atoms with Crippen LogP contribution in [0, 0.1) is 0 Å². The number of carbonyl (C=O) groups excluding carboxylic acids is 4. The first-order chi connectivity index (χ1) is 20.3. The Kier molecular flexibility index (Phi) is 22.2. The molecule has 1 aromatic heterocycles. The molecule has 44 heavy (non-hydrogen) atoms. The van der Waals surface area contributed by atoms with E-state index in [0.29, 0.717) is 43.7 Å². The number of H-pyrrole nitrogens is 1. The van der Waals surface area contributed by atoms with Gasteiger partial charge in [0.15, 0.2) is 18.3 Å². The largest absolute Gasteiger partial charge is 0.480 e. The molecule has 4 atom stereocenters. The lowest BCUT2D eigenvalue weighted by Gasteiger charge is -2.23. The van der Waals surface area contributed by atoms with Gasteiger partial charge in [-0.25, -0.2) is 19.2 Å². The van der Waals surface area contributed by atoms with Crippen molar-refractivity contribution in [2.45, 2.75) is 110 Å². The molecule has 0 saturated heterocycles. The van der Waals surface area contributed by atoms with Crippen molar-refractivity contribution in [3.63, 3.8) is 0 Å². The summed E-state index contributed by atoms with van der Waals surface area (Å²) in [6, 6.07) is -3.36. The summed E-state index contributed by atoms with van der Waals surface area (Å²) in [5, 5.41) is 40.5. The predicted octanol–water partition coefficient (Wildman–Crippen LogP) is 1.39. The molecule has 19 heteroatoms. The van der Waals surface area contributed by atoms with E-state index in [4.69, 9.17) is 19.7 Å². The molecule has 252 valence electrons. The third kappa shape index (κ3) is 20.7. The first-order valence-electron chi connectivity index (χ1n) is 13.4. The van der Waals surface area contributed by atoms with Gasteiger partial charge in [0.25, 0.3) is 12.9 Å². The minimum Gasteiger partial charge on any atom is -0.480 e. The molecule has 0 radical (unpaired) electrons. The van der Waals surface area contributed by atoms with E-state index in [2.05, 4.69) is 41.9 Å². The lowest BCUT2D eigenvalue weighted by atomic mass is 10.2. The summed E-state index contributed by atoms with van der Waals surface area (Å²) in [6.07, 6.45) is 0.664. The number of rotatable bonds is 19. The van der Waals surface area contributed by atoms with Crippen LogP contribution in [0.5, 0.6) is 0 Å². The second kappa shape index (κ2) is 23.3. The second-order valence-corrected chi connectivity index (χ2v) is 11.7. The SMILES string of the molecule is C.CCC[C@H](NC(=O)N[C@@H](CCc1nn[nH]n1)OC=O)C(=O)O.CCC[C@H](NC(=O)N[C@@H](CSC(C)(C)C)OC=O)C(=O)O. The highest BCUT2D eigenvalue weighted by molar-refractivity contribution is 8.00. The molecule has 0 bridgehead atoms. The van der Waals surface area contributed by atoms with Crippen molar-refractivity contribution >= 4 is 48.7 Å². The molecular formula is C25H46N8O10S. The molecule has 1 aromatic rings. The van der Waals surface area contributed by atoms with Crippen LogP contribution < -0.4 is 21.3 Å². The van der Waals surface area contributed by atoms with Crippen molar-refractivity contribution in [1.29, 1.82) is 0 Å². The molecule has 0 fully saturated rings. The maximum atomic E-state index is 11.8. The fourth-order valence-electron chi connectivity index (χ4n) is 3.08. The van der Waals surface area contributed by atoms with Crippen molar-refractivity contribution < 1.29 is 48.5 Å². The number of ether oxygens (including phenoxy) is 2. The standard InChI is InChI=1S/C13H24N2O5S.C11H18N6O5.CH4/c1-5-6-9(11(17)18)14-12(19)15-10(20-8-16)7-21-13(2,3)4;1-2-3-7(10(19)20)12-11(21)13-9(22-6-18)5-4-8-14-16-17-15-8;/h8-10H,5-7H2,1-4H3,(H,17,18)(H2,14,15,19);6-7,9H,2-5H2,1H3,(H,19,20)(H2,12,13,21)(H,14,15,16,17);1H4/t9-,10+;7-,9+;/m00./s1. The first kappa shape index (κ1) is 42.0. The molecule has 0 aliphatic heterocycles. The van der Waals surface area contributed by atoms with Crippen LogP contribution in [-0.2, 0) is 35.1 Å². The fraction of sp³-hybridized carbons (Fsp3) is 0.720. The number of hydrogen-bond acceptors (Lipinski definition) is 12. The Hall–Kier alpha value is -4.16. The van der Waals surface area contributed by atoms with Crippen molar-refractivity contribution in [2.24, 2.45) is 0 Å². The molecule has 0 spiro atoms. The molecule has 0 aliphatic rings. The van der Waals surface area contributed by atoms with Crippen molar-refractivity contribution in [2.75, 3.05) is 5.75 Å². The van der Waals surface area contributed by atoms with E-state index in [-0.39, 0.29) is 31.5 Å². The number of nitrogens with zero attached hydrogens (tertiary/aromatic N) is 3. The summed E-state index contributed by atoms with van der Waals surface area (Å²) in [6.45, 7) is 10.1. The van der Waals surface area contributed by atoms with E-state index in [1.54, 1.807) is 6.92 Å². The van der Waals surface area contributed by atoms with E-state index >= 15 is 0 Å². The maximum Gasteiger partial charge on any atom is 0.326 e. The number of aliphatic carboxylic acids is 2. The normalized spacial score (nSPS) is 13.1. The van der Waals surface area contributed by atoms with Crippen LogP contribution in [0.4, 0.5) is 9.59 Å². The van der Waals surface area contributed by atoms with Crippen LogP contribution in [0.3, 0.4) is 0 Å². The Labute approximate surface area is 260 Å². The Morgan fingerprint density at radius 2 is 1.34 bits per heavy atom. The summed E-state index contributed by atoms with van der Waals surface area (Å²) >= 11 is 1.52. The summed E-state index contributed by atoms with van der Waals surface area (Å²) in [7, 11) is 0. The Morgan fingerprint density at radius 3 is 1.73 bits per heavy atom. The highest BCUT2D eigenvalue weighted by Crippen LogP contribution is 2.23. The van der Waals surface area contributed by atoms with Gasteiger partial charge in [-0.2, -0.15) is 17.0 Å². The molecule has 0 unspecified atom stereocenters. The van der Waals surface area contributed by atoms with Crippen LogP contribution in [0.15, 0.2) is 0 Å². The first-order valence-corrected chi connectivity index (χ1v) is 14.4. The van der Waals surface area contributed by atoms with Crippen molar-refractivity contribution in [3.05, 3.63) is 5.82 Å². The Bertz CT molecular complexity index is 994. The zero-order valence-electron chi connectivity index (χ0n) is 24.8. The van der Waals surface area contributed by atoms with E-state index in [1.165, 1.54) is 11.8 Å². The van der Waals surface area contributed by atoms with Gasteiger partial charge >= 0.3 is 24.0 Å². The van der Waals surface area contributed by atoms with Gasteiger partial charge in [0.05, 0.1) is 5.75 Å². The number of aryl methyl sites for hydroxylation is 1. The van der Waals surface area contributed by atoms with Gasteiger partial charge in [-0.15, -0.1) is 10.2 Å². The number of aromatic nitrogens is 4. The number of amides is 4. The van der Waals surface area contributed by atoms with Gasteiger partial charge in [0, 0.05) is 17.6 Å². The van der Waals surface area contributed by atoms with E-state index in [1.807, 2.05) is 27.7 Å². The Balaban J connectivity index is 0. The number of carboxylic acids is 2. The quantitative estimate of drug-likeness (QED) is 0.0824. The monoisotopic (exact) mass is 650 g/mol. The van der Waals surface area contributed by atoms with E-state index in [9.17, 15) is 28.8 Å². The number of nitrogens with one attached hydrogen (secondary N) is 5. The molecule has 0 aliphatic carbocycles. The molecule has 7 N–H and O–H groups in total.